The Bertz CT molecular complexity index is 215. The summed E-state index contributed by atoms with van der Waals surface area (Å²) in [5, 5.41) is 3.55. The average molecular weight is 241 g/mol. The van der Waals surface area contributed by atoms with E-state index in [1.54, 1.807) is 0 Å². The molecule has 3 unspecified atom stereocenters. The predicted octanol–water partition coefficient (Wildman–Crippen LogP) is 3.61. The molecule has 1 N–H and O–H groups in total. The van der Waals surface area contributed by atoms with Crippen LogP contribution in [-0.2, 0) is 4.74 Å². The molecule has 17 heavy (non-hydrogen) atoms. The third-order valence-corrected chi connectivity index (χ3v) is 4.64. The highest BCUT2D eigenvalue weighted by Gasteiger charge is 2.33. The summed E-state index contributed by atoms with van der Waals surface area (Å²) in [5.74, 6) is 1.75. The molecule has 0 radical (unpaired) electrons. The summed E-state index contributed by atoms with van der Waals surface area (Å²) < 4.78 is 5.59. The molecule has 1 aliphatic rings. The normalized spacial score (nSPS) is 28.1. The van der Waals surface area contributed by atoms with Crippen molar-refractivity contribution in [1.29, 1.82) is 0 Å². The van der Waals surface area contributed by atoms with Crippen LogP contribution in [0, 0.1) is 11.8 Å². The summed E-state index contributed by atoms with van der Waals surface area (Å²) in [7, 11) is 3.93. The van der Waals surface area contributed by atoms with Gasteiger partial charge in [-0.2, -0.15) is 0 Å². The van der Waals surface area contributed by atoms with E-state index in [0.29, 0.717) is 6.04 Å². The van der Waals surface area contributed by atoms with Gasteiger partial charge in [0.15, 0.2) is 0 Å². The molecule has 2 heteroatoms. The summed E-state index contributed by atoms with van der Waals surface area (Å²) >= 11 is 0. The van der Waals surface area contributed by atoms with E-state index in [0.717, 1.165) is 18.3 Å². The highest BCUT2D eigenvalue weighted by atomic mass is 16.5. The van der Waals surface area contributed by atoms with Gasteiger partial charge < -0.3 is 10.1 Å². The number of nitrogens with one attached hydrogen (secondary N) is 1. The van der Waals surface area contributed by atoms with E-state index < -0.39 is 0 Å². The van der Waals surface area contributed by atoms with E-state index >= 15 is 0 Å². The van der Waals surface area contributed by atoms with Crippen LogP contribution in [0.2, 0.25) is 0 Å². The van der Waals surface area contributed by atoms with Gasteiger partial charge in [0.2, 0.25) is 0 Å². The summed E-state index contributed by atoms with van der Waals surface area (Å²) in [6.07, 6.45) is 8.10. The number of methoxy groups -OCH3 is 1. The van der Waals surface area contributed by atoms with Crippen molar-refractivity contribution in [2.75, 3.05) is 14.2 Å². The zero-order valence-corrected chi connectivity index (χ0v) is 12.4. The summed E-state index contributed by atoms with van der Waals surface area (Å²) in [6, 6.07) is 0.607. The maximum absolute atomic E-state index is 5.59. The van der Waals surface area contributed by atoms with Crippen LogP contribution in [0.5, 0.6) is 0 Å². The van der Waals surface area contributed by atoms with E-state index in [4.69, 9.17) is 4.74 Å². The fraction of sp³-hybridized carbons (Fsp3) is 1.00. The fourth-order valence-electron chi connectivity index (χ4n) is 3.35. The molecular weight excluding hydrogens is 210 g/mol. The monoisotopic (exact) mass is 241 g/mol. The largest absolute Gasteiger partial charge is 0.379 e. The average Bonchev–Trinajstić information content (AvgIpc) is 2.36. The van der Waals surface area contributed by atoms with Gasteiger partial charge in [-0.3, -0.25) is 0 Å². The molecule has 0 amide bonds. The first kappa shape index (κ1) is 15.0. The fourth-order valence-corrected chi connectivity index (χ4v) is 3.35. The first-order valence-corrected chi connectivity index (χ1v) is 7.26. The molecule has 3 atom stereocenters. The van der Waals surface area contributed by atoms with Gasteiger partial charge in [-0.15, -0.1) is 0 Å². The maximum Gasteiger partial charge on any atom is 0.0637 e. The SMILES string of the molecule is CCC1CCCCC1C(CC(C)(C)OC)NC. The van der Waals surface area contributed by atoms with Gasteiger partial charge in [0.05, 0.1) is 5.60 Å². The molecule has 0 spiro atoms. The first-order valence-electron chi connectivity index (χ1n) is 7.26. The lowest BCUT2D eigenvalue weighted by Crippen LogP contribution is -2.44. The van der Waals surface area contributed by atoms with Crippen molar-refractivity contribution in [2.45, 2.75) is 70.9 Å². The Kier molecular flexibility index (Phi) is 5.94. The molecular formula is C15H31NO. The van der Waals surface area contributed by atoms with E-state index in [2.05, 4.69) is 33.1 Å². The van der Waals surface area contributed by atoms with Gasteiger partial charge in [0, 0.05) is 13.2 Å². The van der Waals surface area contributed by atoms with Crippen LogP contribution < -0.4 is 5.32 Å². The van der Waals surface area contributed by atoms with Gasteiger partial charge in [-0.1, -0.05) is 32.6 Å². The Morgan fingerprint density at radius 2 is 1.94 bits per heavy atom. The Balaban J connectivity index is 2.64. The van der Waals surface area contributed by atoms with Gasteiger partial charge in [-0.05, 0) is 45.6 Å². The van der Waals surface area contributed by atoms with Crippen molar-refractivity contribution >= 4 is 0 Å². The van der Waals surface area contributed by atoms with Crippen LogP contribution in [0.15, 0.2) is 0 Å². The second-order valence-corrected chi connectivity index (χ2v) is 6.18. The third-order valence-electron chi connectivity index (χ3n) is 4.64. The number of hydrogen-bond acceptors (Lipinski definition) is 2. The molecule has 1 fully saturated rings. The Morgan fingerprint density at radius 1 is 1.29 bits per heavy atom. The molecule has 0 aromatic rings. The van der Waals surface area contributed by atoms with Crippen LogP contribution in [0.25, 0.3) is 0 Å². The van der Waals surface area contributed by atoms with E-state index in [-0.39, 0.29) is 5.60 Å². The van der Waals surface area contributed by atoms with Crippen molar-refractivity contribution in [3.8, 4) is 0 Å². The van der Waals surface area contributed by atoms with Crippen LogP contribution in [0.4, 0.5) is 0 Å². The quantitative estimate of drug-likeness (QED) is 0.767. The zero-order chi connectivity index (χ0) is 12.9. The van der Waals surface area contributed by atoms with Gasteiger partial charge in [-0.25, -0.2) is 0 Å². The van der Waals surface area contributed by atoms with Gasteiger partial charge >= 0.3 is 0 Å². The lowest BCUT2D eigenvalue weighted by Gasteiger charge is -2.39. The number of hydrogen-bond donors (Lipinski definition) is 1. The van der Waals surface area contributed by atoms with E-state index in [1.807, 2.05) is 7.11 Å². The molecule has 1 saturated carbocycles. The molecule has 0 saturated heterocycles. The predicted molar refractivity (Wildman–Crippen MR) is 74.3 cm³/mol. The lowest BCUT2D eigenvalue weighted by atomic mass is 9.72. The highest BCUT2D eigenvalue weighted by Crippen LogP contribution is 2.36. The summed E-state index contributed by atoms with van der Waals surface area (Å²) in [6.45, 7) is 6.74. The van der Waals surface area contributed by atoms with Gasteiger partial charge in [0.25, 0.3) is 0 Å². The summed E-state index contributed by atoms with van der Waals surface area (Å²) in [5.41, 5.74) is -0.0105. The van der Waals surface area contributed by atoms with Crippen molar-refractivity contribution in [3.63, 3.8) is 0 Å². The maximum atomic E-state index is 5.59. The minimum Gasteiger partial charge on any atom is -0.379 e. The van der Waals surface area contributed by atoms with Crippen LogP contribution in [0.3, 0.4) is 0 Å². The third kappa shape index (κ3) is 4.26. The molecule has 1 aliphatic carbocycles. The smallest absolute Gasteiger partial charge is 0.0637 e. The van der Waals surface area contributed by atoms with Crippen molar-refractivity contribution in [2.24, 2.45) is 11.8 Å². The lowest BCUT2D eigenvalue weighted by molar-refractivity contribution is -0.00426. The van der Waals surface area contributed by atoms with Gasteiger partial charge in [0.1, 0.15) is 0 Å². The highest BCUT2D eigenvalue weighted by molar-refractivity contribution is 4.88. The second kappa shape index (κ2) is 6.75. The topological polar surface area (TPSA) is 21.3 Å². The second-order valence-electron chi connectivity index (χ2n) is 6.18. The number of rotatable bonds is 6. The molecule has 2 nitrogen and oxygen atoms in total. The molecule has 0 aliphatic heterocycles. The number of ether oxygens (including phenoxy) is 1. The summed E-state index contributed by atoms with van der Waals surface area (Å²) in [4.78, 5) is 0. The zero-order valence-electron chi connectivity index (χ0n) is 12.4. The molecule has 0 bridgehead atoms. The van der Waals surface area contributed by atoms with Crippen molar-refractivity contribution < 1.29 is 4.74 Å². The van der Waals surface area contributed by atoms with Crippen molar-refractivity contribution in [3.05, 3.63) is 0 Å². The van der Waals surface area contributed by atoms with Crippen LogP contribution in [0.1, 0.15) is 59.3 Å². The standard InChI is InChI=1S/C15H31NO/c1-6-12-9-7-8-10-13(12)14(16-4)11-15(2,3)17-5/h12-14,16H,6-11H2,1-5H3. The molecule has 0 aromatic carbocycles. The molecule has 102 valence electrons. The first-order chi connectivity index (χ1) is 8.04. The molecule has 0 heterocycles. The minimum absolute atomic E-state index is 0.0105. The van der Waals surface area contributed by atoms with E-state index in [1.165, 1.54) is 32.1 Å². The molecule has 1 rings (SSSR count). The van der Waals surface area contributed by atoms with Crippen LogP contribution in [-0.4, -0.2) is 25.8 Å². The Morgan fingerprint density at radius 3 is 2.47 bits per heavy atom. The molecule has 0 aromatic heterocycles. The Labute approximate surface area is 108 Å². The van der Waals surface area contributed by atoms with E-state index in [9.17, 15) is 0 Å². The minimum atomic E-state index is -0.0105. The van der Waals surface area contributed by atoms with Crippen LogP contribution >= 0.6 is 0 Å². The Hall–Kier alpha value is -0.0800. The van der Waals surface area contributed by atoms with Crippen molar-refractivity contribution in [1.82, 2.24) is 5.32 Å².